The number of rotatable bonds is 5. The summed E-state index contributed by atoms with van der Waals surface area (Å²) in [6.07, 6.45) is 3.31. The van der Waals surface area contributed by atoms with E-state index in [4.69, 9.17) is 0 Å². The van der Waals surface area contributed by atoms with Crippen LogP contribution in [-0.2, 0) is 9.84 Å². The van der Waals surface area contributed by atoms with Crippen LogP contribution in [0.3, 0.4) is 0 Å². The van der Waals surface area contributed by atoms with E-state index in [2.05, 4.69) is 17.1 Å². The van der Waals surface area contributed by atoms with Crippen molar-refractivity contribution in [2.75, 3.05) is 29.6 Å². The molecule has 0 aliphatic carbocycles. The molecule has 1 saturated heterocycles. The fourth-order valence-electron chi connectivity index (χ4n) is 3.29. The van der Waals surface area contributed by atoms with Crippen LogP contribution in [0, 0.1) is 16.0 Å². The highest BCUT2D eigenvalue weighted by Crippen LogP contribution is 2.34. The number of para-hydroxylation sites is 1. The topological polar surface area (TPSA) is 92.6 Å². The molecule has 0 atom stereocenters. The number of sulfone groups is 1. The Hall–Kier alpha value is -2.61. The fourth-order valence-corrected chi connectivity index (χ4v) is 4.15. The van der Waals surface area contributed by atoms with Gasteiger partial charge in [-0.25, -0.2) is 8.42 Å². The summed E-state index contributed by atoms with van der Waals surface area (Å²) in [5.41, 5.74) is 1.50. The van der Waals surface area contributed by atoms with Crippen LogP contribution in [0.4, 0.5) is 22.7 Å². The molecular weight excluding hydrogens is 366 g/mol. The fraction of sp³-hybridized carbons (Fsp3) is 0.368. The van der Waals surface area contributed by atoms with E-state index < -0.39 is 20.4 Å². The van der Waals surface area contributed by atoms with Gasteiger partial charge in [0.25, 0.3) is 0 Å². The SMILES string of the molecule is CC1CCN(c2ccc(Nc3cccc(S(C)(=O)=O)c3[N+](=O)[O-])cc2)CC1. The van der Waals surface area contributed by atoms with Gasteiger partial charge in [-0.05, 0) is 55.2 Å². The molecule has 8 heteroatoms. The van der Waals surface area contributed by atoms with E-state index in [0.717, 1.165) is 31.0 Å². The van der Waals surface area contributed by atoms with Crippen LogP contribution in [0.15, 0.2) is 47.4 Å². The van der Waals surface area contributed by atoms with Crippen LogP contribution in [0.25, 0.3) is 0 Å². The number of nitro benzene ring substituents is 1. The van der Waals surface area contributed by atoms with Crippen molar-refractivity contribution >= 4 is 32.6 Å². The first-order chi connectivity index (χ1) is 12.8. The van der Waals surface area contributed by atoms with Gasteiger partial charge in [0.05, 0.1) is 4.92 Å². The Morgan fingerprint density at radius 1 is 1.11 bits per heavy atom. The molecule has 7 nitrogen and oxygen atoms in total. The van der Waals surface area contributed by atoms with Gasteiger partial charge < -0.3 is 10.2 Å². The predicted octanol–water partition coefficient (Wildman–Crippen LogP) is 3.98. The second-order valence-electron chi connectivity index (χ2n) is 7.02. The number of anilines is 3. The second-order valence-corrected chi connectivity index (χ2v) is 9.01. The average Bonchev–Trinajstić information content (AvgIpc) is 2.62. The number of benzene rings is 2. The van der Waals surface area contributed by atoms with Crippen LogP contribution in [0.5, 0.6) is 0 Å². The van der Waals surface area contributed by atoms with E-state index in [1.165, 1.54) is 31.0 Å². The molecule has 0 bridgehead atoms. The second kappa shape index (κ2) is 7.56. The molecule has 0 spiro atoms. The number of nitro groups is 1. The Balaban J connectivity index is 1.84. The Bertz CT molecular complexity index is 934. The summed E-state index contributed by atoms with van der Waals surface area (Å²) in [4.78, 5) is 12.8. The van der Waals surface area contributed by atoms with Crippen LogP contribution < -0.4 is 10.2 Å². The third kappa shape index (κ3) is 4.39. The van der Waals surface area contributed by atoms with Crippen LogP contribution >= 0.6 is 0 Å². The molecule has 144 valence electrons. The van der Waals surface area contributed by atoms with E-state index in [1.807, 2.05) is 24.3 Å². The van der Waals surface area contributed by atoms with Gasteiger partial charge >= 0.3 is 5.69 Å². The number of nitrogens with one attached hydrogen (secondary N) is 1. The number of hydrogen-bond donors (Lipinski definition) is 1. The van der Waals surface area contributed by atoms with Gasteiger partial charge in [0.2, 0.25) is 0 Å². The highest BCUT2D eigenvalue weighted by Gasteiger charge is 2.26. The van der Waals surface area contributed by atoms with Gasteiger partial charge in [-0.15, -0.1) is 0 Å². The van der Waals surface area contributed by atoms with Crippen molar-refractivity contribution in [3.05, 3.63) is 52.6 Å². The van der Waals surface area contributed by atoms with Crippen molar-refractivity contribution < 1.29 is 13.3 Å². The van der Waals surface area contributed by atoms with Gasteiger partial charge in [0.1, 0.15) is 10.6 Å². The lowest BCUT2D eigenvalue weighted by Gasteiger charge is -2.32. The zero-order valence-electron chi connectivity index (χ0n) is 15.4. The summed E-state index contributed by atoms with van der Waals surface area (Å²) in [6, 6.07) is 11.9. The Morgan fingerprint density at radius 2 is 1.74 bits per heavy atom. The van der Waals surface area contributed by atoms with Crippen LogP contribution in [-0.4, -0.2) is 32.7 Å². The van der Waals surface area contributed by atoms with Gasteiger partial charge in [-0.1, -0.05) is 13.0 Å². The standard InChI is InChI=1S/C19H23N3O4S/c1-14-10-12-21(13-11-14)16-8-6-15(7-9-16)20-17-4-3-5-18(27(2,25)26)19(17)22(23)24/h3-9,14,20H,10-13H2,1-2H3. The van der Waals surface area contributed by atoms with Crippen molar-refractivity contribution in [2.45, 2.75) is 24.7 Å². The maximum atomic E-state index is 11.9. The van der Waals surface area contributed by atoms with Gasteiger partial charge in [0, 0.05) is 30.7 Å². The molecule has 2 aromatic carbocycles. The molecule has 0 unspecified atom stereocenters. The lowest BCUT2D eigenvalue weighted by atomic mass is 9.99. The van der Waals surface area contributed by atoms with Crippen LogP contribution in [0.2, 0.25) is 0 Å². The molecule has 1 heterocycles. The van der Waals surface area contributed by atoms with Crippen LogP contribution in [0.1, 0.15) is 19.8 Å². The molecule has 1 aliphatic rings. The summed E-state index contributed by atoms with van der Waals surface area (Å²) >= 11 is 0. The minimum absolute atomic E-state index is 0.155. The first-order valence-electron chi connectivity index (χ1n) is 8.85. The molecule has 1 N–H and O–H groups in total. The zero-order chi connectivity index (χ0) is 19.6. The third-order valence-corrected chi connectivity index (χ3v) is 6.00. The maximum Gasteiger partial charge on any atom is 0.311 e. The highest BCUT2D eigenvalue weighted by molar-refractivity contribution is 7.90. The van der Waals surface area contributed by atoms with Crippen molar-refractivity contribution in [1.82, 2.24) is 0 Å². The van der Waals surface area contributed by atoms with E-state index in [-0.39, 0.29) is 10.6 Å². The molecule has 0 radical (unpaired) electrons. The summed E-state index contributed by atoms with van der Waals surface area (Å²) in [6.45, 7) is 4.31. The summed E-state index contributed by atoms with van der Waals surface area (Å²) < 4.78 is 23.7. The molecule has 1 fully saturated rings. The monoisotopic (exact) mass is 389 g/mol. The van der Waals surface area contributed by atoms with Crippen molar-refractivity contribution in [3.8, 4) is 0 Å². The number of hydrogen-bond acceptors (Lipinski definition) is 6. The Kier molecular flexibility index (Phi) is 5.36. The Morgan fingerprint density at radius 3 is 2.30 bits per heavy atom. The molecule has 27 heavy (non-hydrogen) atoms. The van der Waals surface area contributed by atoms with E-state index >= 15 is 0 Å². The lowest BCUT2D eigenvalue weighted by Crippen LogP contribution is -2.32. The lowest BCUT2D eigenvalue weighted by molar-refractivity contribution is -0.386. The summed E-state index contributed by atoms with van der Waals surface area (Å²) in [5.74, 6) is 0.754. The molecule has 0 aromatic heterocycles. The first kappa shape index (κ1) is 19.2. The normalized spacial score (nSPS) is 15.6. The van der Waals surface area contributed by atoms with Gasteiger partial charge in [-0.3, -0.25) is 10.1 Å². The average molecular weight is 389 g/mol. The predicted molar refractivity (Wildman–Crippen MR) is 107 cm³/mol. The largest absolute Gasteiger partial charge is 0.372 e. The molecular formula is C19H23N3O4S. The van der Waals surface area contributed by atoms with E-state index in [9.17, 15) is 18.5 Å². The first-order valence-corrected chi connectivity index (χ1v) is 10.7. The highest BCUT2D eigenvalue weighted by atomic mass is 32.2. The third-order valence-electron chi connectivity index (χ3n) is 4.88. The number of nitrogens with zero attached hydrogens (tertiary/aromatic N) is 2. The van der Waals surface area contributed by atoms with E-state index in [1.54, 1.807) is 0 Å². The van der Waals surface area contributed by atoms with Gasteiger partial charge in [0.15, 0.2) is 9.84 Å². The molecule has 3 rings (SSSR count). The minimum atomic E-state index is -3.71. The molecule has 0 amide bonds. The van der Waals surface area contributed by atoms with Crippen molar-refractivity contribution in [3.63, 3.8) is 0 Å². The zero-order valence-corrected chi connectivity index (χ0v) is 16.2. The summed E-state index contributed by atoms with van der Waals surface area (Å²) in [7, 11) is -3.71. The minimum Gasteiger partial charge on any atom is -0.372 e. The summed E-state index contributed by atoms with van der Waals surface area (Å²) in [5, 5.41) is 14.4. The van der Waals surface area contributed by atoms with Gasteiger partial charge in [-0.2, -0.15) is 0 Å². The maximum absolute atomic E-state index is 11.9. The van der Waals surface area contributed by atoms with Crippen molar-refractivity contribution in [2.24, 2.45) is 5.92 Å². The van der Waals surface area contributed by atoms with E-state index in [0.29, 0.717) is 5.69 Å². The smallest absolute Gasteiger partial charge is 0.311 e. The quantitative estimate of drug-likeness (QED) is 0.614. The molecule has 1 aliphatic heterocycles. The number of piperidine rings is 1. The van der Waals surface area contributed by atoms with Crippen molar-refractivity contribution in [1.29, 1.82) is 0 Å². The Labute approximate surface area is 159 Å². The molecule has 2 aromatic rings. The molecule has 0 saturated carbocycles.